The summed E-state index contributed by atoms with van der Waals surface area (Å²) in [5.74, 6) is 1.35. The van der Waals surface area contributed by atoms with E-state index in [1.807, 2.05) is 29.8 Å². The van der Waals surface area contributed by atoms with Crippen molar-refractivity contribution in [3.63, 3.8) is 0 Å². The highest BCUT2D eigenvalue weighted by atomic mass is 35.5. The minimum Gasteiger partial charge on any atom is -0.497 e. The number of benzene rings is 2. The second kappa shape index (κ2) is 9.26. The van der Waals surface area contributed by atoms with Crippen LogP contribution in [0.3, 0.4) is 0 Å². The van der Waals surface area contributed by atoms with Gasteiger partial charge in [-0.25, -0.2) is 0 Å². The van der Waals surface area contributed by atoms with Gasteiger partial charge in [-0.3, -0.25) is 4.68 Å². The van der Waals surface area contributed by atoms with Crippen molar-refractivity contribution in [2.75, 3.05) is 7.11 Å². The topological polar surface area (TPSA) is 39.1 Å². The van der Waals surface area contributed by atoms with Crippen LogP contribution in [0.2, 0.25) is 5.15 Å². The van der Waals surface area contributed by atoms with Crippen LogP contribution in [0.5, 0.6) is 5.75 Å². The molecule has 0 spiro atoms. The average molecular weight is 398 g/mol. The lowest BCUT2D eigenvalue weighted by molar-refractivity contribution is 0.414. The Bertz CT molecular complexity index is 888. The molecule has 1 atom stereocenters. The maximum atomic E-state index is 6.63. The number of hydrogen-bond donors (Lipinski definition) is 1. The monoisotopic (exact) mass is 397 g/mol. The number of hydrogen-bond acceptors (Lipinski definition) is 3. The summed E-state index contributed by atoms with van der Waals surface area (Å²) in [6.45, 7) is 7.82. The Morgan fingerprint density at radius 3 is 2.29 bits per heavy atom. The third kappa shape index (κ3) is 4.75. The van der Waals surface area contributed by atoms with Crippen molar-refractivity contribution >= 4 is 11.6 Å². The van der Waals surface area contributed by atoms with Gasteiger partial charge >= 0.3 is 0 Å². The molecule has 3 rings (SSSR count). The zero-order valence-corrected chi connectivity index (χ0v) is 17.7. The van der Waals surface area contributed by atoms with Gasteiger partial charge in [-0.2, -0.15) is 5.10 Å². The molecule has 0 fully saturated rings. The Kier molecular flexibility index (Phi) is 6.76. The third-order valence-electron chi connectivity index (χ3n) is 4.79. The zero-order chi connectivity index (χ0) is 20.1. The number of nitrogens with one attached hydrogen (secondary N) is 1. The van der Waals surface area contributed by atoms with Gasteiger partial charge in [-0.05, 0) is 36.1 Å². The number of halogens is 1. The average Bonchev–Trinajstić information content (AvgIpc) is 2.96. The third-order valence-corrected chi connectivity index (χ3v) is 5.21. The summed E-state index contributed by atoms with van der Waals surface area (Å²) in [6.07, 6.45) is 0. The Morgan fingerprint density at radius 1 is 1.04 bits per heavy atom. The van der Waals surface area contributed by atoms with Gasteiger partial charge in [-0.1, -0.05) is 67.9 Å². The molecule has 0 saturated carbocycles. The van der Waals surface area contributed by atoms with E-state index in [2.05, 4.69) is 60.7 Å². The van der Waals surface area contributed by atoms with Crippen LogP contribution in [0.1, 0.15) is 42.3 Å². The molecule has 5 heteroatoms. The summed E-state index contributed by atoms with van der Waals surface area (Å²) >= 11 is 6.63. The number of aryl methyl sites for hydroxylation is 1. The first kappa shape index (κ1) is 20.4. The van der Waals surface area contributed by atoms with E-state index in [1.165, 1.54) is 11.1 Å². The van der Waals surface area contributed by atoms with E-state index in [0.29, 0.717) is 12.5 Å². The van der Waals surface area contributed by atoms with Gasteiger partial charge in [0.05, 0.1) is 18.8 Å². The van der Waals surface area contributed by atoms with Crippen molar-refractivity contribution in [1.29, 1.82) is 0 Å². The van der Waals surface area contributed by atoms with Crippen LogP contribution in [-0.2, 0) is 13.1 Å². The molecule has 0 unspecified atom stereocenters. The summed E-state index contributed by atoms with van der Waals surface area (Å²) in [6, 6.07) is 18.7. The lowest BCUT2D eigenvalue weighted by atomic mass is 9.98. The Morgan fingerprint density at radius 2 is 1.68 bits per heavy atom. The maximum Gasteiger partial charge on any atom is 0.131 e. The molecule has 0 amide bonds. The highest BCUT2D eigenvalue weighted by molar-refractivity contribution is 6.30. The molecular weight excluding hydrogens is 370 g/mol. The fourth-order valence-corrected chi connectivity index (χ4v) is 3.64. The van der Waals surface area contributed by atoms with Crippen LogP contribution in [-0.4, -0.2) is 16.9 Å². The second-order valence-corrected chi connectivity index (χ2v) is 7.79. The van der Waals surface area contributed by atoms with Gasteiger partial charge in [-0.15, -0.1) is 0 Å². The molecule has 0 aliphatic rings. The van der Waals surface area contributed by atoms with E-state index in [0.717, 1.165) is 28.7 Å². The smallest absolute Gasteiger partial charge is 0.131 e. The highest BCUT2D eigenvalue weighted by Crippen LogP contribution is 2.26. The summed E-state index contributed by atoms with van der Waals surface area (Å²) in [5, 5.41) is 9.02. The maximum absolute atomic E-state index is 6.63. The molecule has 1 aromatic heterocycles. The van der Waals surface area contributed by atoms with Crippen molar-refractivity contribution in [3.8, 4) is 5.75 Å². The van der Waals surface area contributed by atoms with Crippen molar-refractivity contribution in [3.05, 3.63) is 82.1 Å². The van der Waals surface area contributed by atoms with Gasteiger partial charge in [0.15, 0.2) is 0 Å². The Balaban J connectivity index is 1.85. The molecule has 4 nitrogen and oxygen atoms in total. The minimum absolute atomic E-state index is 0.0519. The molecular formula is C23H28ClN3O. The molecule has 3 aromatic rings. The molecule has 1 heterocycles. The summed E-state index contributed by atoms with van der Waals surface area (Å²) in [7, 11) is 1.68. The molecule has 0 aliphatic carbocycles. The molecule has 0 aliphatic heterocycles. The molecule has 1 N–H and O–H groups in total. The minimum atomic E-state index is 0.0519. The highest BCUT2D eigenvalue weighted by Gasteiger charge is 2.18. The normalized spacial score (nSPS) is 12.4. The van der Waals surface area contributed by atoms with Gasteiger partial charge in [0.2, 0.25) is 0 Å². The van der Waals surface area contributed by atoms with Crippen LogP contribution in [0.15, 0.2) is 54.6 Å². The van der Waals surface area contributed by atoms with E-state index in [4.69, 9.17) is 16.3 Å². The van der Waals surface area contributed by atoms with Gasteiger partial charge < -0.3 is 10.1 Å². The van der Waals surface area contributed by atoms with E-state index >= 15 is 0 Å². The standard InChI is InChI=1S/C23H28ClN3O/c1-16(2)15-27-23(24)21(17(3)26-27)14-25-22(18-8-6-5-7-9-18)19-10-12-20(28-4)13-11-19/h5-13,16,22,25H,14-15H2,1-4H3/t22-/m0/s1. The van der Waals surface area contributed by atoms with Gasteiger partial charge in [0.25, 0.3) is 0 Å². The van der Waals surface area contributed by atoms with Crippen molar-refractivity contribution in [1.82, 2.24) is 15.1 Å². The Labute approximate surface area is 172 Å². The molecule has 0 saturated heterocycles. The van der Waals surface area contributed by atoms with Crippen LogP contribution in [0, 0.1) is 12.8 Å². The van der Waals surface area contributed by atoms with Crippen LogP contribution >= 0.6 is 11.6 Å². The molecule has 0 bridgehead atoms. The predicted octanol–water partition coefficient (Wildman–Crippen LogP) is 5.39. The number of methoxy groups -OCH3 is 1. The predicted molar refractivity (Wildman–Crippen MR) is 115 cm³/mol. The molecule has 28 heavy (non-hydrogen) atoms. The number of rotatable bonds is 8. The quantitative estimate of drug-likeness (QED) is 0.554. The molecule has 2 aromatic carbocycles. The first-order valence-electron chi connectivity index (χ1n) is 9.63. The van der Waals surface area contributed by atoms with Crippen molar-refractivity contribution in [2.45, 2.75) is 39.9 Å². The fourth-order valence-electron chi connectivity index (χ4n) is 3.33. The fraction of sp³-hybridized carbons (Fsp3) is 0.348. The van der Waals surface area contributed by atoms with E-state index in [1.54, 1.807) is 7.11 Å². The summed E-state index contributed by atoms with van der Waals surface area (Å²) in [5.41, 5.74) is 4.41. The van der Waals surface area contributed by atoms with Crippen LogP contribution < -0.4 is 10.1 Å². The summed E-state index contributed by atoms with van der Waals surface area (Å²) < 4.78 is 7.21. The van der Waals surface area contributed by atoms with E-state index in [9.17, 15) is 0 Å². The molecule has 148 valence electrons. The lowest BCUT2D eigenvalue weighted by Gasteiger charge is -2.20. The lowest BCUT2D eigenvalue weighted by Crippen LogP contribution is -2.22. The molecule has 0 radical (unpaired) electrons. The first-order chi connectivity index (χ1) is 13.5. The largest absolute Gasteiger partial charge is 0.497 e. The van der Waals surface area contributed by atoms with Crippen molar-refractivity contribution in [2.24, 2.45) is 5.92 Å². The summed E-state index contributed by atoms with van der Waals surface area (Å²) in [4.78, 5) is 0. The first-order valence-corrected chi connectivity index (χ1v) is 10.0. The van der Waals surface area contributed by atoms with Gasteiger partial charge in [0, 0.05) is 18.7 Å². The SMILES string of the molecule is COc1ccc([C@@H](NCc2c(C)nn(CC(C)C)c2Cl)c2ccccc2)cc1. The van der Waals surface area contributed by atoms with E-state index < -0.39 is 0 Å². The van der Waals surface area contributed by atoms with Crippen LogP contribution in [0.25, 0.3) is 0 Å². The second-order valence-electron chi connectivity index (χ2n) is 7.43. The number of aromatic nitrogens is 2. The van der Waals surface area contributed by atoms with E-state index in [-0.39, 0.29) is 6.04 Å². The number of nitrogens with zero attached hydrogens (tertiary/aromatic N) is 2. The Hall–Kier alpha value is -2.30. The van der Waals surface area contributed by atoms with Gasteiger partial charge in [0.1, 0.15) is 10.9 Å². The zero-order valence-electron chi connectivity index (χ0n) is 16.9. The van der Waals surface area contributed by atoms with Crippen molar-refractivity contribution < 1.29 is 4.74 Å². The van der Waals surface area contributed by atoms with Crippen LogP contribution in [0.4, 0.5) is 0 Å². The number of ether oxygens (including phenoxy) is 1.